The first kappa shape index (κ1) is 33.9. The molecule has 8 nitrogen and oxygen atoms in total. The van der Waals surface area contributed by atoms with Gasteiger partial charge in [0.1, 0.15) is 18.5 Å². The number of halogens is 1. The van der Waals surface area contributed by atoms with Crippen LogP contribution < -0.4 is 4.74 Å². The molecular formula is C30H49ClO8. The van der Waals surface area contributed by atoms with E-state index in [4.69, 9.17) is 44.8 Å². The molecule has 0 saturated carbocycles. The summed E-state index contributed by atoms with van der Waals surface area (Å²) in [6, 6.07) is 5.69. The van der Waals surface area contributed by atoms with Gasteiger partial charge < -0.3 is 33.2 Å². The Morgan fingerprint density at radius 2 is 1.31 bits per heavy atom. The van der Waals surface area contributed by atoms with Gasteiger partial charge in [-0.3, -0.25) is 4.79 Å². The Hall–Kier alpha value is -1.26. The molecule has 224 valence electrons. The first-order chi connectivity index (χ1) is 19.2. The summed E-state index contributed by atoms with van der Waals surface area (Å²) in [5, 5.41) is -0.526. The molecular weight excluding hydrogens is 524 g/mol. The maximum atomic E-state index is 12.2. The van der Waals surface area contributed by atoms with Crippen LogP contribution in [0.15, 0.2) is 18.2 Å². The molecule has 1 heterocycles. The lowest BCUT2D eigenvalue weighted by Crippen LogP contribution is -2.30. The van der Waals surface area contributed by atoms with Crippen LogP contribution in [-0.2, 0) is 34.8 Å². The van der Waals surface area contributed by atoms with Crippen LogP contribution >= 0.6 is 11.6 Å². The average molecular weight is 573 g/mol. The van der Waals surface area contributed by atoms with Crippen LogP contribution in [0.3, 0.4) is 0 Å². The van der Waals surface area contributed by atoms with Crippen LogP contribution in [0.5, 0.6) is 5.75 Å². The minimum Gasteiger partial charge on any atom is -0.490 e. The van der Waals surface area contributed by atoms with E-state index in [-0.39, 0.29) is 12.7 Å². The van der Waals surface area contributed by atoms with Crippen LogP contribution in [-0.4, -0.2) is 90.6 Å². The second kappa shape index (κ2) is 23.4. The third-order valence-corrected chi connectivity index (χ3v) is 6.58. The van der Waals surface area contributed by atoms with Gasteiger partial charge in [0.15, 0.2) is 0 Å². The molecule has 1 atom stereocenters. The second-order valence-corrected chi connectivity index (χ2v) is 10.0. The lowest BCUT2D eigenvalue weighted by atomic mass is 10.0. The fourth-order valence-electron chi connectivity index (χ4n) is 4.17. The van der Waals surface area contributed by atoms with E-state index < -0.39 is 5.24 Å². The summed E-state index contributed by atoms with van der Waals surface area (Å²) in [6.07, 6.45) is 10.7. The summed E-state index contributed by atoms with van der Waals surface area (Å²) < 4.78 is 39.7. The van der Waals surface area contributed by atoms with E-state index in [9.17, 15) is 4.79 Å². The van der Waals surface area contributed by atoms with Crippen molar-refractivity contribution in [2.75, 3.05) is 79.3 Å². The number of ether oxygens (including phenoxy) is 7. The van der Waals surface area contributed by atoms with Crippen molar-refractivity contribution < 1.29 is 38.0 Å². The van der Waals surface area contributed by atoms with Crippen molar-refractivity contribution in [1.29, 1.82) is 0 Å². The summed E-state index contributed by atoms with van der Waals surface area (Å²) in [7, 11) is 0. The minimum atomic E-state index is -0.526. The molecule has 1 aromatic rings. The van der Waals surface area contributed by atoms with E-state index in [2.05, 4.69) is 6.92 Å². The third-order valence-electron chi connectivity index (χ3n) is 6.37. The van der Waals surface area contributed by atoms with Gasteiger partial charge in [0.25, 0.3) is 5.24 Å². The van der Waals surface area contributed by atoms with E-state index in [0.717, 1.165) is 18.4 Å². The van der Waals surface area contributed by atoms with Gasteiger partial charge in [-0.25, -0.2) is 0 Å². The van der Waals surface area contributed by atoms with Gasteiger partial charge in [0, 0.05) is 0 Å². The number of carbonyl (C=O) groups excluding carboxylic acids is 1. The van der Waals surface area contributed by atoms with Gasteiger partial charge in [-0.15, -0.1) is 0 Å². The van der Waals surface area contributed by atoms with Crippen LogP contribution in [0.25, 0.3) is 0 Å². The lowest BCUT2D eigenvalue weighted by molar-refractivity contribution is -0.0711. The monoisotopic (exact) mass is 572 g/mol. The molecule has 0 spiro atoms. The van der Waals surface area contributed by atoms with Crippen molar-refractivity contribution in [3.05, 3.63) is 29.3 Å². The van der Waals surface area contributed by atoms with Gasteiger partial charge >= 0.3 is 0 Å². The van der Waals surface area contributed by atoms with Gasteiger partial charge in [-0.1, -0.05) is 57.9 Å². The number of rotatable bonds is 13. The number of hydrogen-bond acceptors (Lipinski definition) is 8. The van der Waals surface area contributed by atoms with Gasteiger partial charge in [-0.2, -0.15) is 0 Å². The zero-order valence-electron chi connectivity index (χ0n) is 23.8. The fourth-order valence-corrected chi connectivity index (χ4v) is 4.32. The molecule has 0 radical (unpaired) electrons. The lowest BCUT2D eigenvalue weighted by Gasteiger charge is -2.20. The normalized spacial score (nSPS) is 19.2. The predicted octanol–water partition coefficient (Wildman–Crippen LogP) is 5.61. The molecule has 0 N–H and O–H groups in total. The molecule has 1 aromatic carbocycles. The molecule has 1 saturated heterocycles. The first-order valence-corrected chi connectivity index (χ1v) is 15.0. The van der Waals surface area contributed by atoms with Crippen LogP contribution in [0, 0.1) is 0 Å². The number of hydrogen-bond donors (Lipinski definition) is 0. The van der Waals surface area contributed by atoms with Crippen molar-refractivity contribution >= 4 is 16.8 Å². The zero-order valence-corrected chi connectivity index (χ0v) is 24.6. The van der Waals surface area contributed by atoms with Crippen molar-refractivity contribution in [2.45, 2.75) is 70.8 Å². The summed E-state index contributed by atoms with van der Waals surface area (Å²) in [5.41, 5.74) is 1.48. The summed E-state index contributed by atoms with van der Waals surface area (Å²) >= 11 is 5.92. The largest absolute Gasteiger partial charge is 0.490 e. The van der Waals surface area contributed by atoms with Crippen molar-refractivity contribution in [1.82, 2.24) is 0 Å². The molecule has 1 fully saturated rings. The zero-order chi connectivity index (χ0) is 27.8. The highest BCUT2D eigenvalue weighted by molar-refractivity contribution is 6.68. The standard InChI is InChI=1S/C30H49ClO8/c1-2-3-4-5-6-7-8-9-10-26-11-12-29(28(23-26)30(31)32)39-25-27-24-37-20-19-35-16-15-33-13-14-34-17-18-36-21-22-38-27/h11-12,23,27H,2-10,13-22,24-25H2,1H3. The van der Waals surface area contributed by atoms with E-state index in [1.807, 2.05) is 18.2 Å². The number of carbonyl (C=O) groups is 1. The topological polar surface area (TPSA) is 81.7 Å². The maximum absolute atomic E-state index is 12.2. The second-order valence-electron chi connectivity index (χ2n) is 9.66. The van der Waals surface area contributed by atoms with E-state index in [1.165, 1.54) is 44.9 Å². The van der Waals surface area contributed by atoms with Crippen molar-refractivity contribution in [3.8, 4) is 5.75 Å². The SMILES string of the molecule is CCCCCCCCCCc1ccc(OCC2COCCOCCOCCOCCOCCO2)c(C(=O)Cl)c1. The predicted molar refractivity (Wildman–Crippen MR) is 152 cm³/mol. The van der Waals surface area contributed by atoms with E-state index in [1.54, 1.807) is 0 Å². The first-order valence-electron chi connectivity index (χ1n) is 14.7. The Balaban J connectivity index is 1.81. The van der Waals surface area contributed by atoms with Crippen LogP contribution in [0.2, 0.25) is 0 Å². The van der Waals surface area contributed by atoms with Gasteiger partial charge in [0.2, 0.25) is 0 Å². The molecule has 0 bridgehead atoms. The maximum Gasteiger partial charge on any atom is 0.256 e. The molecule has 39 heavy (non-hydrogen) atoms. The molecule has 1 aliphatic heterocycles. The number of unbranched alkanes of at least 4 members (excludes halogenated alkanes) is 7. The number of aryl methyl sites for hydroxylation is 1. The Labute approximate surface area is 239 Å². The van der Waals surface area contributed by atoms with E-state index >= 15 is 0 Å². The highest BCUT2D eigenvalue weighted by Crippen LogP contribution is 2.24. The van der Waals surface area contributed by atoms with E-state index in [0.29, 0.717) is 84.0 Å². The molecule has 0 aromatic heterocycles. The third kappa shape index (κ3) is 17.2. The summed E-state index contributed by atoms with van der Waals surface area (Å²) in [4.78, 5) is 12.2. The Kier molecular flexibility index (Phi) is 20.4. The Bertz CT molecular complexity index is 730. The molecule has 0 amide bonds. The molecule has 1 aliphatic rings. The highest BCUT2D eigenvalue weighted by Gasteiger charge is 2.16. The fraction of sp³-hybridized carbons (Fsp3) is 0.767. The average Bonchev–Trinajstić information content (AvgIpc) is 2.94. The quantitative estimate of drug-likeness (QED) is 0.223. The number of benzene rings is 1. The van der Waals surface area contributed by atoms with Crippen molar-refractivity contribution in [2.24, 2.45) is 0 Å². The van der Waals surface area contributed by atoms with Crippen LogP contribution in [0.4, 0.5) is 0 Å². The minimum absolute atomic E-state index is 0.215. The Morgan fingerprint density at radius 1 is 0.769 bits per heavy atom. The summed E-state index contributed by atoms with van der Waals surface area (Å²) in [5.74, 6) is 0.453. The molecule has 0 aliphatic carbocycles. The molecule has 1 unspecified atom stereocenters. The smallest absolute Gasteiger partial charge is 0.256 e. The van der Waals surface area contributed by atoms with Crippen LogP contribution in [0.1, 0.15) is 74.2 Å². The van der Waals surface area contributed by atoms with Crippen molar-refractivity contribution in [3.63, 3.8) is 0 Å². The molecule has 2 rings (SSSR count). The summed E-state index contributed by atoms with van der Waals surface area (Å²) in [6.45, 7) is 7.53. The van der Waals surface area contributed by atoms with Gasteiger partial charge in [-0.05, 0) is 42.1 Å². The Morgan fingerprint density at radius 3 is 1.90 bits per heavy atom. The highest BCUT2D eigenvalue weighted by atomic mass is 35.5. The molecule has 9 heteroatoms. The van der Waals surface area contributed by atoms with Gasteiger partial charge in [0.05, 0.1) is 78.2 Å².